The molecule has 0 heterocycles. The lowest BCUT2D eigenvalue weighted by atomic mass is 9.71. The first-order chi connectivity index (χ1) is 8.74. The number of hydrogen-bond acceptors (Lipinski definition) is 3. The minimum Gasteiger partial charge on any atom is -0.391 e. The zero-order valence-corrected chi connectivity index (χ0v) is 10.0. The maximum Gasteiger partial charge on any atom is 0.173 e. The molecule has 0 aromatic heterocycles. The fourth-order valence-electron chi connectivity index (χ4n) is 2.73. The van der Waals surface area contributed by atoms with Crippen LogP contribution in [0.5, 0.6) is 0 Å². The molecule has 0 saturated carbocycles. The van der Waals surface area contributed by atoms with Crippen LogP contribution in [0.3, 0.4) is 0 Å². The molecule has 3 heteroatoms. The molecule has 1 aromatic rings. The third-order valence-electron chi connectivity index (χ3n) is 3.62. The van der Waals surface area contributed by atoms with Gasteiger partial charge in [0.1, 0.15) is 0 Å². The second-order valence-corrected chi connectivity index (χ2v) is 4.53. The number of benzene rings is 1. The Morgan fingerprint density at radius 3 is 2.39 bits per heavy atom. The van der Waals surface area contributed by atoms with Crippen LogP contribution in [0.2, 0.25) is 0 Å². The molecule has 0 spiro atoms. The Balaban J connectivity index is 2.18. The Morgan fingerprint density at radius 2 is 1.72 bits per heavy atom. The van der Waals surface area contributed by atoms with Gasteiger partial charge in [0.25, 0.3) is 0 Å². The zero-order valence-electron chi connectivity index (χ0n) is 10.0. The van der Waals surface area contributed by atoms with E-state index >= 15 is 0 Å². The minimum atomic E-state index is -0.387. The summed E-state index contributed by atoms with van der Waals surface area (Å²) in [5.41, 5.74) is 1.90. The smallest absolute Gasteiger partial charge is 0.173 e. The second-order valence-electron chi connectivity index (χ2n) is 4.53. The van der Waals surface area contributed by atoms with Crippen LogP contribution in [0.15, 0.2) is 48.2 Å². The first kappa shape index (κ1) is 11.0. The largest absolute Gasteiger partial charge is 0.391 e. The Kier molecular flexibility index (Phi) is 2.40. The standard InChI is InChI=1S/C15H13NO2/c1-16-12-8-4-7-11-13(12)15(18)10-6-3-2-5-9(10)14(11)17/h2-8,11,13,16H,1H3. The molecule has 3 rings (SSSR count). The number of carbonyl (C=O) groups excluding carboxylic acids is 2. The molecule has 2 aliphatic carbocycles. The maximum atomic E-state index is 12.5. The number of rotatable bonds is 1. The van der Waals surface area contributed by atoms with Crippen molar-refractivity contribution >= 4 is 11.6 Å². The Morgan fingerprint density at radius 1 is 1.06 bits per heavy atom. The maximum absolute atomic E-state index is 12.5. The van der Waals surface area contributed by atoms with Crippen LogP contribution in [-0.2, 0) is 0 Å². The molecule has 1 aromatic carbocycles. The third-order valence-corrected chi connectivity index (χ3v) is 3.62. The molecule has 0 saturated heterocycles. The van der Waals surface area contributed by atoms with Crippen molar-refractivity contribution in [3.63, 3.8) is 0 Å². The summed E-state index contributed by atoms with van der Waals surface area (Å²) in [5.74, 6) is -0.685. The summed E-state index contributed by atoms with van der Waals surface area (Å²) in [4.78, 5) is 24.9. The molecule has 0 aliphatic heterocycles. The van der Waals surface area contributed by atoms with Crippen molar-refractivity contribution in [2.24, 2.45) is 11.8 Å². The monoisotopic (exact) mass is 239 g/mol. The van der Waals surface area contributed by atoms with E-state index < -0.39 is 0 Å². The Hall–Kier alpha value is -2.16. The van der Waals surface area contributed by atoms with E-state index in [-0.39, 0.29) is 23.4 Å². The highest BCUT2D eigenvalue weighted by atomic mass is 16.1. The van der Waals surface area contributed by atoms with E-state index in [0.29, 0.717) is 11.1 Å². The first-order valence-electron chi connectivity index (χ1n) is 5.97. The van der Waals surface area contributed by atoms with Gasteiger partial charge in [-0.1, -0.05) is 36.4 Å². The van der Waals surface area contributed by atoms with E-state index in [1.165, 1.54) is 0 Å². The second kappa shape index (κ2) is 3.95. The average molecular weight is 239 g/mol. The van der Waals surface area contributed by atoms with Gasteiger partial charge < -0.3 is 5.32 Å². The van der Waals surface area contributed by atoms with Crippen molar-refractivity contribution in [1.82, 2.24) is 5.32 Å². The van der Waals surface area contributed by atoms with Crippen LogP contribution >= 0.6 is 0 Å². The number of allylic oxidation sites excluding steroid dienone is 4. The first-order valence-corrected chi connectivity index (χ1v) is 5.97. The highest BCUT2D eigenvalue weighted by Crippen LogP contribution is 2.36. The number of ketones is 2. The molecular formula is C15H13NO2. The number of nitrogens with one attached hydrogen (secondary N) is 1. The summed E-state index contributed by atoms with van der Waals surface area (Å²) in [7, 11) is 1.78. The molecule has 0 amide bonds. The van der Waals surface area contributed by atoms with Crippen LogP contribution in [0.4, 0.5) is 0 Å². The number of fused-ring (bicyclic) bond motifs is 2. The molecule has 3 nitrogen and oxygen atoms in total. The van der Waals surface area contributed by atoms with E-state index in [4.69, 9.17) is 0 Å². The van der Waals surface area contributed by atoms with E-state index in [9.17, 15) is 9.59 Å². The molecular weight excluding hydrogens is 226 g/mol. The summed E-state index contributed by atoms with van der Waals surface area (Å²) in [6.07, 6.45) is 5.52. The lowest BCUT2D eigenvalue weighted by Crippen LogP contribution is -2.40. The van der Waals surface area contributed by atoms with Gasteiger partial charge >= 0.3 is 0 Å². The van der Waals surface area contributed by atoms with E-state index in [2.05, 4.69) is 5.32 Å². The third kappa shape index (κ3) is 1.37. The normalized spacial score (nSPS) is 25.3. The lowest BCUT2D eigenvalue weighted by molar-refractivity contribution is 0.0789. The van der Waals surface area contributed by atoms with Crippen molar-refractivity contribution in [3.05, 3.63) is 59.3 Å². The minimum absolute atomic E-state index is 0.0279. The highest BCUT2D eigenvalue weighted by molar-refractivity contribution is 6.17. The molecule has 90 valence electrons. The summed E-state index contributed by atoms with van der Waals surface area (Å²) >= 11 is 0. The van der Waals surface area contributed by atoms with Crippen LogP contribution in [0.25, 0.3) is 0 Å². The summed E-state index contributed by atoms with van der Waals surface area (Å²) in [6.45, 7) is 0. The fourth-order valence-corrected chi connectivity index (χ4v) is 2.73. The number of hydrogen-bond donors (Lipinski definition) is 1. The van der Waals surface area contributed by atoms with Crippen molar-refractivity contribution in [2.45, 2.75) is 0 Å². The summed E-state index contributed by atoms with van der Waals surface area (Å²) < 4.78 is 0. The van der Waals surface area contributed by atoms with Gasteiger partial charge in [0.2, 0.25) is 0 Å². The van der Waals surface area contributed by atoms with Crippen molar-refractivity contribution in [2.75, 3.05) is 7.05 Å². The number of carbonyl (C=O) groups is 2. The van der Waals surface area contributed by atoms with Gasteiger partial charge in [-0.05, 0) is 6.08 Å². The molecule has 18 heavy (non-hydrogen) atoms. The number of Topliss-reactive ketones (excluding diaryl/α,β-unsaturated/α-hetero) is 2. The summed E-state index contributed by atoms with van der Waals surface area (Å²) in [5, 5.41) is 3.02. The van der Waals surface area contributed by atoms with E-state index in [1.807, 2.05) is 18.2 Å². The van der Waals surface area contributed by atoms with Gasteiger partial charge in [-0.2, -0.15) is 0 Å². The molecule has 0 fully saturated rings. The van der Waals surface area contributed by atoms with Crippen LogP contribution < -0.4 is 5.32 Å². The average Bonchev–Trinajstić information content (AvgIpc) is 2.44. The van der Waals surface area contributed by atoms with Gasteiger partial charge in [0.05, 0.1) is 11.8 Å². The van der Waals surface area contributed by atoms with Crippen LogP contribution in [0.1, 0.15) is 20.7 Å². The van der Waals surface area contributed by atoms with Crippen LogP contribution in [0, 0.1) is 11.8 Å². The topological polar surface area (TPSA) is 46.2 Å². The molecule has 1 N–H and O–H groups in total. The quantitative estimate of drug-likeness (QED) is 0.815. The Labute approximate surface area is 105 Å². The molecule has 2 atom stereocenters. The van der Waals surface area contributed by atoms with Gasteiger partial charge in [-0.3, -0.25) is 9.59 Å². The van der Waals surface area contributed by atoms with Gasteiger partial charge in [0.15, 0.2) is 11.6 Å². The van der Waals surface area contributed by atoms with Gasteiger partial charge in [-0.25, -0.2) is 0 Å². The van der Waals surface area contributed by atoms with Crippen LogP contribution in [-0.4, -0.2) is 18.6 Å². The van der Waals surface area contributed by atoms with E-state index in [0.717, 1.165) is 5.70 Å². The molecule has 2 aliphatic rings. The van der Waals surface area contributed by atoms with Crippen molar-refractivity contribution in [1.29, 1.82) is 0 Å². The molecule has 0 bridgehead atoms. The highest BCUT2D eigenvalue weighted by Gasteiger charge is 2.42. The summed E-state index contributed by atoms with van der Waals surface area (Å²) in [6, 6.07) is 7.06. The van der Waals surface area contributed by atoms with Gasteiger partial charge in [0, 0.05) is 23.9 Å². The Bertz CT molecular complexity index is 598. The van der Waals surface area contributed by atoms with E-state index in [1.54, 1.807) is 31.3 Å². The van der Waals surface area contributed by atoms with Crippen molar-refractivity contribution in [3.8, 4) is 0 Å². The van der Waals surface area contributed by atoms with Gasteiger partial charge in [-0.15, -0.1) is 0 Å². The van der Waals surface area contributed by atoms with Crippen molar-refractivity contribution < 1.29 is 9.59 Å². The molecule has 0 radical (unpaired) electrons. The predicted octanol–water partition coefficient (Wildman–Crippen LogP) is 1.97. The lowest BCUT2D eigenvalue weighted by Gasteiger charge is -2.32. The predicted molar refractivity (Wildman–Crippen MR) is 68.4 cm³/mol. The zero-order chi connectivity index (χ0) is 12.7. The fraction of sp³-hybridized carbons (Fsp3) is 0.200. The molecule has 2 unspecified atom stereocenters. The SMILES string of the molecule is CNC1=CC=CC2C(=O)c3ccccc3C(=O)C12.